The molecule has 0 spiro atoms. The third kappa shape index (κ3) is 8.78. The highest BCUT2D eigenvalue weighted by Gasteiger charge is 2.08. The van der Waals surface area contributed by atoms with Crippen LogP contribution in [-0.2, 0) is 4.74 Å². The van der Waals surface area contributed by atoms with Gasteiger partial charge in [-0.1, -0.05) is 19.1 Å². The van der Waals surface area contributed by atoms with Gasteiger partial charge < -0.3 is 10.5 Å². The van der Waals surface area contributed by atoms with Crippen LogP contribution in [0.4, 0.5) is 0 Å². The summed E-state index contributed by atoms with van der Waals surface area (Å²) in [5.74, 6) is 0. The lowest BCUT2D eigenvalue weighted by molar-refractivity contribution is 0.0942. The molecule has 0 saturated carbocycles. The highest BCUT2D eigenvalue weighted by Crippen LogP contribution is 2.00. The van der Waals surface area contributed by atoms with Crippen molar-refractivity contribution in [1.29, 1.82) is 0 Å². The fourth-order valence-electron chi connectivity index (χ4n) is 1.31. The molecule has 0 aliphatic heterocycles. The second-order valence-corrected chi connectivity index (χ2v) is 4.48. The van der Waals surface area contributed by atoms with Crippen LogP contribution in [-0.4, -0.2) is 42.2 Å². The van der Waals surface area contributed by atoms with Crippen LogP contribution in [0.2, 0.25) is 0 Å². The normalized spacial score (nSPS) is 11.3. The van der Waals surface area contributed by atoms with Crippen LogP contribution in [0, 0.1) is 0 Å². The predicted octanol–water partition coefficient (Wildman–Crippen LogP) is 1.80. The van der Waals surface area contributed by atoms with E-state index in [9.17, 15) is 0 Å². The standard InChI is InChI=1S/C11H24N2OS/c1-4-8-14-9-7-13(10(2)3)6-5-11(12)15/h10H,4-9H2,1-3H3,(H2,12,15). The first kappa shape index (κ1) is 14.8. The number of thiocarbonyl (C=S) groups is 1. The fourth-order valence-corrected chi connectivity index (χ4v) is 1.40. The molecule has 0 saturated heterocycles. The topological polar surface area (TPSA) is 38.5 Å². The van der Waals surface area contributed by atoms with Gasteiger partial charge in [-0.15, -0.1) is 0 Å². The summed E-state index contributed by atoms with van der Waals surface area (Å²) in [5.41, 5.74) is 5.49. The number of nitrogens with zero attached hydrogens (tertiary/aromatic N) is 1. The van der Waals surface area contributed by atoms with E-state index in [0.29, 0.717) is 11.0 Å². The van der Waals surface area contributed by atoms with Gasteiger partial charge in [0.15, 0.2) is 0 Å². The molecule has 0 unspecified atom stereocenters. The van der Waals surface area contributed by atoms with E-state index in [-0.39, 0.29) is 0 Å². The Morgan fingerprint density at radius 1 is 1.33 bits per heavy atom. The van der Waals surface area contributed by atoms with Crippen molar-refractivity contribution in [2.45, 2.75) is 39.7 Å². The van der Waals surface area contributed by atoms with E-state index in [2.05, 4.69) is 25.7 Å². The zero-order valence-electron chi connectivity index (χ0n) is 10.2. The van der Waals surface area contributed by atoms with Crippen LogP contribution < -0.4 is 5.73 Å². The molecule has 15 heavy (non-hydrogen) atoms. The first-order chi connectivity index (χ1) is 7.07. The first-order valence-electron chi connectivity index (χ1n) is 5.68. The Labute approximate surface area is 99.0 Å². The van der Waals surface area contributed by atoms with Crippen LogP contribution in [0.3, 0.4) is 0 Å². The summed E-state index contributed by atoms with van der Waals surface area (Å²) in [4.78, 5) is 2.93. The van der Waals surface area contributed by atoms with Crippen molar-refractivity contribution < 1.29 is 4.74 Å². The Morgan fingerprint density at radius 2 is 2.00 bits per heavy atom. The van der Waals surface area contributed by atoms with Crippen LogP contribution in [0.25, 0.3) is 0 Å². The first-order valence-corrected chi connectivity index (χ1v) is 6.08. The third-order valence-corrected chi connectivity index (χ3v) is 2.45. The molecule has 0 atom stereocenters. The quantitative estimate of drug-likeness (QED) is 0.486. The Bertz CT molecular complexity index is 174. The molecular formula is C11H24N2OS. The Hall–Kier alpha value is -0.190. The van der Waals surface area contributed by atoms with Crippen molar-refractivity contribution >= 4 is 17.2 Å². The predicted molar refractivity (Wildman–Crippen MR) is 69.2 cm³/mol. The summed E-state index contributed by atoms with van der Waals surface area (Å²) >= 11 is 4.87. The Morgan fingerprint density at radius 3 is 2.47 bits per heavy atom. The minimum absolute atomic E-state index is 0.518. The van der Waals surface area contributed by atoms with Crippen molar-refractivity contribution in [3.05, 3.63) is 0 Å². The smallest absolute Gasteiger partial charge is 0.0740 e. The van der Waals surface area contributed by atoms with Gasteiger partial charge in [-0.05, 0) is 20.3 Å². The van der Waals surface area contributed by atoms with Crippen LogP contribution in [0.15, 0.2) is 0 Å². The highest BCUT2D eigenvalue weighted by molar-refractivity contribution is 7.80. The average molecular weight is 232 g/mol. The summed E-state index contributed by atoms with van der Waals surface area (Å²) < 4.78 is 5.46. The van der Waals surface area contributed by atoms with E-state index >= 15 is 0 Å². The lowest BCUT2D eigenvalue weighted by Gasteiger charge is -2.26. The molecule has 0 rings (SSSR count). The lowest BCUT2D eigenvalue weighted by Crippen LogP contribution is -2.36. The van der Waals surface area contributed by atoms with Crippen molar-refractivity contribution in [3.63, 3.8) is 0 Å². The summed E-state index contributed by atoms with van der Waals surface area (Å²) in [6.45, 7) is 10.0. The van der Waals surface area contributed by atoms with E-state index in [1.807, 2.05) is 0 Å². The average Bonchev–Trinajstić information content (AvgIpc) is 2.15. The van der Waals surface area contributed by atoms with E-state index < -0.39 is 0 Å². The molecule has 0 aromatic carbocycles. The number of rotatable bonds is 9. The Kier molecular flexibility index (Phi) is 8.95. The maximum absolute atomic E-state index is 5.49. The van der Waals surface area contributed by atoms with Gasteiger partial charge in [0.05, 0.1) is 11.6 Å². The molecule has 0 radical (unpaired) electrons. The maximum atomic E-state index is 5.49. The van der Waals surface area contributed by atoms with Gasteiger partial charge >= 0.3 is 0 Å². The Balaban J connectivity index is 3.68. The fraction of sp³-hybridized carbons (Fsp3) is 0.909. The van der Waals surface area contributed by atoms with E-state index in [0.717, 1.165) is 39.1 Å². The minimum atomic E-state index is 0.518. The molecule has 0 amide bonds. The van der Waals surface area contributed by atoms with Gasteiger partial charge in [-0.3, -0.25) is 4.90 Å². The number of hydrogen-bond donors (Lipinski definition) is 1. The van der Waals surface area contributed by atoms with Crippen LogP contribution in [0.5, 0.6) is 0 Å². The van der Waals surface area contributed by atoms with Gasteiger partial charge in [0, 0.05) is 32.2 Å². The molecule has 0 fully saturated rings. The van der Waals surface area contributed by atoms with Gasteiger partial charge in [-0.2, -0.15) is 0 Å². The molecule has 0 aliphatic rings. The van der Waals surface area contributed by atoms with Crippen LogP contribution >= 0.6 is 12.2 Å². The summed E-state index contributed by atoms with van der Waals surface area (Å²) in [6, 6.07) is 0.518. The number of nitrogens with two attached hydrogens (primary N) is 1. The zero-order valence-corrected chi connectivity index (χ0v) is 11.0. The van der Waals surface area contributed by atoms with Crippen LogP contribution in [0.1, 0.15) is 33.6 Å². The van der Waals surface area contributed by atoms with E-state index in [4.69, 9.17) is 22.7 Å². The summed E-state index contributed by atoms with van der Waals surface area (Å²) in [7, 11) is 0. The van der Waals surface area contributed by atoms with Crippen molar-refractivity contribution in [2.75, 3.05) is 26.3 Å². The second-order valence-electron chi connectivity index (χ2n) is 3.96. The molecule has 4 heteroatoms. The van der Waals surface area contributed by atoms with Gasteiger partial charge in [0.25, 0.3) is 0 Å². The largest absolute Gasteiger partial charge is 0.393 e. The maximum Gasteiger partial charge on any atom is 0.0740 e. The zero-order chi connectivity index (χ0) is 11.7. The van der Waals surface area contributed by atoms with Crippen molar-refractivity contribution in [2.24, 2.45) is 5.73 Å². The van der Waals surface area contributed by atoms with Gasteiger partial charge in [0.2, 0.25) is 0 Å². The summed E-state index contributed by atoms with van der Waals surface area (Å²) in [5, 5.41) is 0. The molecule has 0 aliphatic carbocycles. The molecule has 3 nitrogen and oxygen atoms in total. The molecule has 0 aromatic rings. The van der Waals surface area contributed by atoms with Crippen molar-refractivity contribution in [1.82, 2.24) is 4.90 Å². The molecule has 0 heterocycles. The van der Waals surface area contributed by atoms with Gasteiger partial charge in [0.1, 0.15) is 0 Å². The number of hydrogen-bond acceptors (Lipinski definition) is 3. The molecule has 0 aromatic heterocycles. The minimum Gasteiger partial charge on any atom is -0.393 e. The highest BCUT2D eigenvalue weighted by atomic mass is 32.1. The van der Waals surface area contributed by atoms with Gasteiger partial charge in [-0.25, -0.2) is 0 Å². The second kappa shape index (κ2) is 9.07. The molecular weight excluding hydrogens is 208 g/mol. The number of ether oxygens (including phenoxy) is 1. The SMILES string of the molecule is CCCOCCN(CCC(N)=S)C(C)C. The molecule has 0 bridgehead atoms. The lowest BCUT2D eigenvalue weighted by atomic mass is 10.3. The van der Waals surface area contributed by atoms with Crippen molar-refractivity contribution in [3.8, 4) is 0 Å². The van der Waals surface area contributed by atoms with E-state index in [1.165, 1.54) is 0 Å². The summed E-state index contributed by atoms with van der Waals surface area (Å²) in [6.07, 6.45) is 1.87. The van der Waals surface area contributed by atoms with E-state index in [1.54, 1.807) is 0 Å². The monoisotopic (exact) mass is 232 g/mol. The molecule has 90 valence electrons. The third-order valence-electron chi connectivity index (χ3n) is 2.25. The molecule has 2 N–H and O–H groups in total.